The van der Waals surface area contributed by atoms with Gasteiger partial charge in [-0.3, -0.25) is 4.48 Å². The summed E-state index contributed by atoms with van der Waals surface area (Å²) in [6.07, 6.45) is 1.06. The van der Waals surface area contributed by atoms with Gasteiger partial charge < -0.3 is 9.44 Å². The molecule has 0 saturated heterocycles. The Morgan fingerprint density at radius 3 is 2.38 bits per heavy atom. The molecule has 0 aromatic carbocycles. The number of halogens is 1. The lowest BCUT2D eigenvalue weighted by Gasteiger charge is -2.33. The molecule has 0 aromatic rings. The lowest BCUT2D eigenvalue weighted by molar-refractivity contribution is -0.931. The summed E-state index contributed by atoms with van der Waals surface area (Å²) < 4.78 is 5.74. The smallest absolute Gasteiger partial charge is 0.334 e. The number of hydrogen-bond donors (Lipinski definition) is 0. The van der Waals surface area contributed by atoms with Crippen molar-refractivity contribution >= 4 is 5.97 Å². The van der Waals surface area contributed by atoms with Gasteiger partial charge in [0.2, 0.25) is 6.23 Å². The predicted molar refractivity (Wildman–Crippen MR) is 48.4 cm³/mol. The Morgan fingerprint density at radius 2 is 2.08 bits per heavy atom. The summed E-state index contributed by atoms with van der Waals surface area (Å²) in [6.45, 7) is 8.20. The first-order valence-corrected chi connectivity index (χ1v) is 4.09. The second-order valence-electron chi connectivity index (χ2n) is 3.34. The summed E-state index contributed by atoms with van der Waals surface area (Å²) in [5.74, 6) is -0.359. The van der Waals surface area contributed by atoms with Gasteiger partial charge >= 0.3 is 5.97 Å². The van der Waals surface area contributed by atoms with Crippen molar-refractivity contribution in [3.8, 4) is 0 Å². The molecule has 13 heavy (non-hydrogen) atoms. The Hall–Kier alpha value is -0.900. The molecule has 0 heterocycles. The summed E-state index contributed by atoms with van der Waals surface area (Å²) in [7, 11) is 4.03. The van der Waals surface area contributed by atoms with Crippen LogP contribution in [-0.2, 0) is 9.53 Å². The van der Waals surface area contributed by atoms with E-state index in [9.17, 15) is 4.79 Å². The number of esters is 1. The van der Waals surface area contributed by atoms with Crippen LogP contribution in [0.5, 0.6) is 0 Å². The van der Waals surface area contributed by atoms with Crippen LogP contribution in [0, 0.1) is 0 Å². The van der Waals surface area contributed by atoms with E-state index < -0.39 is 0 Å². The third-order valence-electron chi connectivity index (χ3n) is 2.25. The molecular formula is C9H18FNO2. The molecule has 0 aliphatic rings. The molecule has 0 aromatic heterocycles. The minimum absolute atomic E-state index is 0. The van der Waals surface area contributed by atoms with Crippen LogP contribution in [-0.4, -0.2) is 37.3 Å². The Balaban J connectivity index is 0. The fourth-order valence-corrected chi connectivity index (χ4v) is 0.616. The normalized spacial score (nSPS) is 12.6. The molecule has 0 bridgehead atoms. The molecule has 0 rings (SSSR count). The lowest BCUT2D eigenvalue weighted by atomic mass is 10.4. The second kappa shape index (κ2) is 5.70. The summed E-state index contributed by atoms with van der Waals surface area (Å²) in [4.78, 5) is 10.8. The third kappa shape index (κ3) is 4.62. The highest BCUT2D eigenvalue weighted by atomic mass is 19.0. The topological polar surface area (TPSA) is 26.3 Å². The van der Waals surface area contributed by atoms with E-state index in [0.29, 0.717) is 4.48 Å². The van der Waals surface area contributed by atoms with Crippen LogP contribution in [0.1, 0.15) is 13.8 Å². The number of hydrogen-bond acceptors (Lipinski definition) is 2. The van der Waals surface area contributed by atoms with E-state index in [1.807, 2.05) is 21.0 Å². The molecule has 0 fully saturated rings. The highest BCUT2D eigenvalue weighted by Crippen LogP contribution is 2.07. The maximum Gasteiger partial charge on any atom is 0.334 e. The van der Waals surface area contributed by atoms with Gasteiger partial charge in [0.1, 0.15) is 0 Å². The highest BCUT2D eigenvalue weighted by Gasteiger charge is 2.24. The SMILES string of the molecule is C=CC(=O)OC(C)[N+](C)(C)CC.[F-]. The lowest BCUT2D eigenvalue weighted by Crippen LogP contribution is -3.00. The highest BCUT2D eigenvalue weighted by molar-refractivity contribution is 5.81. The van der Waals surface area contributed by atoms with Crippen molar-refractivity contribution < 1.29 is 18.7 Å². The van der Waals surface area contributed by atoms with E-state index in [4.69, 9.17) is 4.74 Å². The number of ether oxygens (including phenoxy) is 1. The average molecular weight is 191 g/mol. The molecule has 0 aliphatic heterocycles. The summed E-state index contributed by atoms with van der Waals surface area (Å²) in [5.41, 5.74) is 0. The van der Waals surface area contributed by atoms with E-state index in [0.717, 1.165) is 6.54 Å². The van der Waals surface area contributed by atoms with Gasteiger partial charge in [-0.15, -0.1) is 0 Å². The average Bonchev–Trinajstić information content (AvgIpc) is 2.04. The molecule has 0 N–H and O–H groups in total. The zero-order chi connectivity index (χ0) is 9.78. The summed E-state index contributed by atoms with van der Waals surface area (Å²) >= 11 is 0. The Kier molecular flexibility index (Phi) is 6.40. The van der Waals surface area contributed by atoms with E-state index in [1.165, 1.54) is 6.08 Å². The standard InChI is InChI=1S/C9H18NO2.FH/c1-6-9(11)12-8(3)10(4,5)7-2;/h6,8H,1,7H2,2-5H3;1H/q+1;/p-1. The third-order valence-corrected chi connectivity index (χ3v) is 2.25. The zero-order valence-corrected chi connectivity index (χ0v) is 8.71. The van der Waals surface area contributed by atoms with Gasteiger partial charge in [0.25, 0.3) is 0 Å². The van der Waals surface area contributed by atoms with E-state index in [-0.39, 0.29) is 16.9 Å². The summed E-state index contributed by atoms with van der Waals surface area (Å²) in [6, 6.07) is 0. The van der Waals surface area contributed by atoms with Gasteiger partial charge in [-0.05, 0) is 6.92 Å². The second-order valence-corrected chi connectivity index (χ2v) is 3.34. The van der Waals surface area contributed by atoms with Crippen molar-refractivity contribution in [2.24, 2.45) is 0 Å². The molecular weight excluding hydrogens is 173 g/mol. The van der Waals surface area contributed by atoms with Crippen molar-refractivity contribution in [3.63, 3.8) is 0 Å². The molecule has 3 nitrogen and oxygen atoms in total. The van der Waals surface area contributed by atoms with Crippen LogP contribution >= 0.6 is 0 Å². The van der Waals surface area contributed by atoms with Crippen LogP contribution in [0.3, 0.4) is 0 Å². The fourth-order valence-electron chi connectivity index (χ4n) is 0.616. The maximum atomic E-state index is 10.8. The van der Waals surface area contributed by atoms with Gasteiger partial charge in [0.15, 0.2) is 0 Å². The first-order chi connectivity index (χ1) is 5.44. The van der Waals surface area contributed by atoms with Gasteiger partial charge in [-0.2, -0.15) is 0 Å². The van der Waals surface area contributed by atoms with E-state index in [1.54, 1.807) is 0 Å². The van der Waals surface area contributed by atoms with Crippen LogP contribution in [0.2, 0.25) is 0 Å². The molecule has 4 heteroatoms. The first kappa shape index (κ1) is 14.6. The quantitative estimate of drug-likeness (QED) is 0.226. The Labute approximate surface area is 78.9 Å². The predicted octanol–water partition coefficient (Wildman–Crippen LogP) is -1.84. The number of carbonyl (C=O) groups excluding carboxylic acids is 1. The Bertz CT molecular complexity index is 180. The first-order valence-electron chi connectivity index (χ1n) is 4.09. The fraction of sp³-hybridized carbons (Fsp3) is 0.667. The summed E-state index contributed by atoms with van der Waals surface area (Å²) in [5, 5.41) is 0. The number of nitrogens with zero attached hydrogens (tertiary/aromatic N) is 1. The molecule has 0 aliphatic carbocycles. The molecule has 0 saturated carbocycles. The van der Waals surface area contributed by atoms with Crippen LogP contribution in [0.15, 0.2) is 12.7 Å². The molecule has 1 atom stereocenters. The van der Waals surface area contributed by atoms with Crippen molar-refractivity contribution in [3.05, 3.63) is 12.7 Å². The van der Waals surface area contributed by atoms with Crippen molar-refractivity contribution in [2.45, 2.75) is 20.1 Å². The number of quaternary nitrogens is 1. The minimum Gasteiger partial charge on any atom is -1.00 e. The van der Waals surface area contributed by atoms with Crippen molar-refractivity contribution in [2.75, 3.05) is 20.6 Å². The molecule has 1 unspecified atom stereocenters. The monoisotopic (exact) mass is 191 g/mol. The van der Waals surface area contributed by atoms with Gasteiger partial charge in [0, 0.05) is 13.0 Å². The molecule has 0 radical (unpaired) electrons. The van der Waals surface area contributed by atoms with Crippen molar-refractivity contribution in [1.29, 1.82) is 0 Å². The maximum absolute atomic E-state index is 10.8. The Morgan fingerprint density at radius 1 is 1.62 bits per heavy atom. The van der Waals surface area contributed by atoms with Crippen LogP contribution < -0.4 is 4.70 Å². The number of rotatable bonds is 4. The molecule has 78 valence electrons. The van der Waals surface area contributed by atoms with Gasteiger partial charge in [-0.1, -0.05) is 6.58 Å². The van der Waals surface area contributed by atoms with E-state index >= 15 is 0 Å². The van der Waals surface area contributed by atoms with E-state index in [2.05, 4.69) is 13.5 Å². The van der Waals surface area contributed by atoms with Crippen molar-refractivity contribution in [1.82, 2.24) is 0 Å². The van der Waals surface area contributed by atoms with Gasteiger partial charge in [0.05, 0.1) is 20.6 Å². The largest absolute Gasteiger partial charge is 1.00 e. The number of carbonyl (C=O) groups is 1. The van der Waals surface area contributed by atoms with Crippen LogP contribution in [0.4, 0.5) is 0 Å². The molecule has 0 spiro atoms. The molecule has 0 amide bonds. The zero-order valence-electron chi connectivity index (χ0n) is 8.71. The minimum atomic E-state index is -0.359. The van der Waals surface area contributed by atoms with Gasteiger partial charge in [-0.25, -0.2) is 4.79 Å². The van der Waals surface area contributed by atoms with Crippen LogP contribution in [0.25, 0.3) is 0 Å².